The lowest BCUT2D eigenvalue weighted by molar-refractivity contribution is 0.0512. The van der Waals surface area contributed by atoms with Gasteiger partial charge in [0.2, 0.25) is 0 Å². The number of guanidine groups is 1. The van der Waals surface area contributed by atoms with Gasteiger partial charge in [-0.2, -0.15) is 0 Å². The summed E-state index contributed by atoms with van der Waals surface area (Å²) in [5.74, 6) is 0.727. The molecular weight excluding hydrogens is 531 g/mol. The predicted octanol–water partition coefficient (Wildman–Crippen LogP) is 4.09. The molecule has 0 bridgehead atoms. The molecule has 176 valence electrons. The van der Waals surface area contributed by atoms with Crippen LogP contribution in [-0.4, -0.2) is 57.5 Å². The molecular formula is C22H36ClIN4O3. The van der Waals surface area contributed by atoms with Crippen LogP contribution >= 0.6 is 35.6 Å². The summed E-state index contributed by atoms with van der Waals surface area (Å²) in [5, 5.41) is 10.3. The third-order valence-electron chi connectivity index (χ3n) is 5.03. The Balaban J connectivity index is 0.00000480. The van der Waals surface area contributed by atoms with Gasteiger partial charge in [-0.05, 0) is 51.7 Å². The number of benzene rings is 1. The van der Waals surface area contributed by atoms with Gasteiger partial charge >= 0.3 is 6.09 Å². The van der Waals surface area contributed by atoms with Gasteiger partial charge in [-0.15, -0.1) is 24.0 Å². The number of hydrogen-bond donors (Lipinski definition) is 3. The number of nitrogens with one attached hydrogen (secondary N) is 3. The van der Waals surface area contributed by atoms with E-state index in [2.05, 4.69) is 27.0 Å². The normalized spacial score (nSPS) is 16.1. The van der Waals surface area contributed by atoms with Crippen molar-refractivity contribution in [3.05, 3.63) is 34.9 Å². The molecule has 7 nitrogen and oxygen atoms in total. The van der Waals surface area contributed by atoms with Crippen LogP contribution in [0.25, 0.3) is 0 Å². The van der Waals surface area contributed by atoms with Crippen molar-refractivity contribution in [1.82, 2.24) is 16.0 Å². The molecule has 1 fully saturated rings. The zero-order valence-corrected chi connectivity index (χ0v) is 22.0. The molecule has 0 atom stereocenters. The molecule has 0 radical (unpaired) electrons. The Kier molecular flexibility index (Phi) is 11.9. The standard InChI is InChI=1S/C22H35ClN4O3.HI/c1-21(2,3)30-20(28)26-13-7-12-25-19(24-4)27-16-22(10-14-29-15-11-22)17-8-5-6-9-18(17)23;/h5-6,8-9H,7,10-16H2,1-4H3,(H,26,28)(H2,24,25,27);1H. The molecule has 0 spiro atoms. The first-order valence-corrected chi connectivity index (χ1v) is 10.9. The summed E-state index contributed by atoms with van der Waals surface area (Å²) in [4.78, 5) is 16.0. The van der Waals surface area contributed by atoms with E-state index >= 15 is 0 Å². The van der Waals surface area contributed by atoms with E-state index in [0.29, 0.717) is 13.1 Å². The zero-order valence-electron chi connectivity index (χ0n) is 18.9. The number of carbonyl (C=O) groups excluding carboxylic acids is 1. The lowest BCUT2D eigenvalue weighted by Crippen LogP contribution is -2.48. The minimum atomic E-state index is -0.490. The summed E-state index contributed by atoms with van der Waals surface area (Å²) in [6.07, 6.45) is 2.16. The van der Waals surface area contributed by atoms with Crippen LogP contribution in [0.3, 0.4) is 0 Å². The van der Waals surface area contributed by atoms with Crippen molar-refractivity contribution in [2.75, 3.05) is 39.9 Å². The van der Waals surface area contributed by atoms with Crippen LogP contribution in [0.2, 0.25) is 5.02 Å². The fourth-order valence-electron chi connectivity index (χ4n) is 3.47. The van der Waals surface area contributed by atoms with Crippen molar-refractivity contribution in [2.45, 2.75) is 51.0 Å². The molecule has 1 heterocycles. The highest BCUT2D eigenvalue weighted by Gasteiger charge is 2.36. The van der Waals surface area contributed by atoms with Gasteiger partial charge in [0, 0.05) is 50.3 Å². The zero-order chi connectivity index (χ0) is 22.0. The smallest absolute Gasteiger partial charge is 0.407 e. The largest absolute Gasteiger partial charge is 0.444 e. The molecule has 0 unspecified atom stereocenters. The number of halogens is 2. The fraction of sp³-hybridized carbons (Fsp3) is 0.636. The lowest BCUT2D eigenvalue weighted by atomic mass is 9.74. The SMILES string of the molecule is CN=C(NCCCNC(=O)OC(C)(C)C)NCC1(c2ccccc2Cl)CCOCC1.I. The van der Waals surface area contributed by atoms with Gasteiger partial charge in [0.05, 0.1) is 0 Å². The quantitative estimate of drug-likeness (QED) is 0.200. The van der Waals surface area contributed by atoms with Crippen molar-refractivity contribution < 1.29 is 14.3 Å². The molecule has 0 aromatic heterocycles. The van der Waals surface area contributed by atoms with E-state index in [0.717, 1.165) is 55.6 Å². The topological polar surface area (TPSA) is 84.0 Å². The van der Waals surface area contributed by atoms with Crippen LogP contribution < -0.4 is 16.0 Å². The second kappa shape index (κ2) is 13.3. The monoisotopic (exact) mass is 566 g/mol. The van der Waals surface area contributed by atoms with Gasteiger partial charge in [0.15, 0.2) is 5.96 Å². The Hall–Kier alpha value is -1.26. The number of ether oxygens (including phenoxy) is 2. The van der Waals surface area contributed by atoms with Gasteiger partial charge in [0.1, 0.15) is 5.60 Å². The van der Waals surface area contributed by atoms with E-state index < -0.39 is 11.7 Å². The van der Waals surface area contributed by atoms with Crippen molar-refractivity contribution >= 4 is 47.6 Å². The number of nitrogens with zero attached hydrogens (tertiary/aromatic N) is 1. The van der Waals surface area contributed by atoms with Crippen LogP contribution in [0.1, 0.15) is 45.6 Å². The third kappa shape index (κ3) is 9.41. The number of hydrogen-bond acceptors (Lipinski definition) is 4. The molecule has 1 amide bonds. The first-order chi connectivity index (χ1) is 14.3. The summed E-state index contributed by atoms with van der Waals surface area (Å²) in [7, 11) is 1.75. The minimum Gasteiger partial charge on any atom is -0.444 e. The van der Waals surface area contributed by atoms with Gasteiger partial charge in [-0.25, -0.2) is 4.79 Å². The highest BCUT2D eigenvalue weighted by atomic mass is 127. The van der Waals surface area contributed by atoms with Gasteiger partial charge in [0.25, 0.3) is 0 Å². The van der Waals surface area contributed by atoms with Crippen LogP contribution in [0.4, 0.5) is 4.79 Å². The Morgan fingerprint density at radius 2 is 1.81 bits per heavy atom. The van der Waals surface area contributed by atoms with Crippen LogP contribution in [0.5, 0.6) is 0 Å². The van der Waals surface area contributed by atoms with Crippen LogP contribution in [0, 0.1) is 0 Å². The second-order valence-corrected chi connectivity index (χ2v) is 8.91. The Morgan fingerprint density at radius 1 is 1.16 bits per heavy atom. The molecule has 1 aliphatic heterocycles. The molecule has 1 saturated heterocycles. The fourth-order valence-corrected chi connectivity index (χ4v) is 3.80. The summed E-state index contributed by atoms with van der Waals surface area (Å²) in [6, 6.07) is 8.04. The third-order valence-corrected chi connectivity index (χ3v) is 5.36. The maximum Gasteiger partial charge on any atom is 0.407 e. The van der Waals surface area contributed by atoms with Crippen LogP contribution in [0.15, 0.2) is 29.3 Å². The van der Waals surface area contributed by atoms with Gasteiger partial charge in [-0.3, -0.25) is 4.99 Å². The minimum absolute atomic E-state index is 0. The number of alkyl carbamates (subject to hydrolysis) is 1. The molecule has 0 saturated carbocycles. The van der Waals surface area contributed by atoms with E-state index in [-0.39, 0.29) is 29.4 Å². The van der Waals surface area contributed by atoms with Crippen LogP contribution in [-0.2, 0) is 14.9 Å². The predicted molar refractivity (Wildman–Crippen MR) is 137 cm³/mol. The molecule has 3 N–H and O–H groups in total. The average molecular weight is 567 g/mol. The molecule has 2 rings (SSSR count). The number of carbonyl (C=O) groups is 1. The summed E-state index contributed by atoms with van der Waals surface area (Å²) >= 11 is 6.52. The second-order valence-electron chi connectivity index (χ2n) is 8.51. The number of aliphatic imine (C=N–C) groups is 1. The molecule has 1 aromatic rings. The van der Waals surface area contributed by atoms with E-state index in [1.54, 1.807) is 7.05 Å². The Morgan fingerprint density at radius 3 is 2.42 bits per heavy atom. The summed E-state index contributed by atoms with van der Waals surface area (Å²) in [6.45, 7) is 8.89. The molecule has 9 heteroatoms. The molecule has 1 aromatic carbocycles. The molecule has 1 aliphatic rings. The van der Waals surface area contributed by atoms with Crippen molar-refractivity contribution in [3.63, 3.8) is 0 Å². The maximum absolute atomic E-state index is 11.7. The molecule has 31 heavy (non-hydrogen) atoms. The molecule has 0 aliphatic carbocycles. The summed E-state index contributed by atoms with van der Waals surface area (Å²) < 4.78 is 10.8. The first kappa shape index (κ1) is 27.8. The summed E-state index contributed by atoms with van der Waals surface area (Å²) in [5.41, 5.74) is 0.571. The maximum atomic E-state index is 11.7. The highest BCUT2D eigenvalue weighted by Crippen LogP contribution is 2.38. The number of amides is 1. The van der Waals surface area contributed by atoms with Crippen molar-refractivity contribution in [2.24, 2.45) is 4.99 Å². The van der Waals surface area contributed by atoms with E-state index in [4.69, 9.17) is 21.1 Å². The van der Waals surface area contributed by atoms with Crippen molar-refractivity contribution in [1.29, 1.82) is 0 Å². The van der Waals surface area contributed by atoms with Gasteiger partial charge in [-0.1, -0.05) is 29.8 Å². The lowest BCUT2D eigenvalue weighted by Gasteiger charge is -2.38. The average Bonchev–Trinajstić information content (AvgIpc) is 2.69. The Bertz CT molecular complexity index is 719. The highest BCUT2D eigenvalue weighted by molar-refractivity contribution is 14.0. The van der Waals surface area contributed by atoms with E-state index in [9.17, 15) is 4.79 Å². The van der Waals surface area contributed by atoms with Gasteiger partial charge < -0.3 is 25.4 Å². The van der Waals surface area contributed by atoms with E-state index in [1.807, 2.05) is 39.0 Å². The van der Waals surface area contributed by atoms with E-state index in [1.165, 1.54) is 0 Å². The van der Waals surface area contributed by atoms with Crippen molar-refractivity contribution in [3.8, 4) is 0 Å². The first-order valence-electron chi connectivity index (χ1n) is 10.5. The Labute approximate surface area is 208 Å². The number of rotatable bonds is 7.